The molecule has 0 radical (unpaired) electrons. The topological polar surface area (TPSA) is 65.8 Å². The molecule has 1 N–H and O–H groups in total. The first-order valence-corrected chi connectivity index (χ1v) is 12.8. The van der Waals surface area contributed by atoms with Crippen molar-refractivity contribution in [1.82, 2.24) is 19.5 Å². The highest BCUT2D eigenvalue weighted by molar-refractivity contribution is 9.10. The second kappa shape index (κ2) is 11.0. The van der Waals surface area contributed by atoms with E-state index >= 15 is 4.39 Å². The van der Waals surface area contributed by atoms with Crippen molar-refractivity contribution in [2.24, 2.45) is 0 Å². The second-order valence-electron chi connectivity index (χ2n) is 9.06. The van der Waals surface area contributed by atoms with Gasteiger partial charge in [0, 0.05) is 32.7 Å². The van der Waals surface area contributed by atoms with E-state index in [2.05, 4.69) is 55.5 Å². The van der Waals surface area contributed by atoms with Gasteiger partial charge < -0.3 is 15.1 Å². The van der Waals surface area contributed by atoms with E-state index in [1.165, 1.54) is 17.0 Å². The van der Waals surface area contributed by atoms with Gasteiger partial charge in [-0.2, -0.15) is 4.98 Å². The van der Waals surface area contributed by atoms with Crippen LogP contribution in [-0.2, 0) is 13.1 Å². The molecule has 9 heteroatoms. The van der Waals surface area contributed by atoms with Crippen molar-refractivity contribution >= 4 is 44.8 Å². The summed E-state index contributed by atoms with van der Waals surface area (Å²) in [5, 5.41) is 7.60. The minimum absolute atomic E-state index is 0.173. The molecule has 0 saturated heterocycles. The van der Waals surface area contributed by atoms with Gasteiger partial charge in [0.2, 0.25) is 5.95 Å². The quantitative estimate of drug-likeness (QED) is 0.237. The molecule has 0 bridgehead atoms. The van der Waals surface area contributed by atoms with E-state index in [4.69, 9.17) is 4.98 Å². The number of anilines is 3. The van der Waals surface area contributed by atoms with Gasteiger partial charge >= 0.3 is 0 Å². The largest absolute Gasteiger partial charge is 0.346 e. The van der Waals surface area contributed by atoms with Gasteiger partial charge in [-0.1, -0.05) is 60.7 Å². The van der Waals surface area contributed by atoms with E-state index in [9.17, 15) is 4.79 Å². The van der Waals surface area contributed by atoms with Crippen LogP contribution in [0.3, 0.4) is 0 Å². The van der Waals surface area contributed by atoms with E-state index in [-0.39, 0.29) is 23.1 Å². The monoisotopic (exact) mass is 572 g/mol. The van der Waals surface area contributed by atoms with Gasteiger partial charge in [-0.3, -0.25) is 4.79 Å². The third-order valence-electron chi connectivity index (χ3n) is 6.05. The summed E-state index contributed by atoms with van der Waals surface area (Å²) in [6, 6.07) is 28.5. The summed E-state index contributed by atoms with van der Waals surface area (Å²) in [6.45, 7) is 1.22. The zero-order valence-corrected chi connectivity index (χ0v) is 22.6. The molecule has 0 aliphatic rings. The Hall–Kier alpha value is -4.24. The van der Waals surface area contributed by atoms with E-state index < -0.39 is 5.82 Å². The van der Waals surface area contributed by atoms with Crippen LogP contribution in [0, 0.1) is 5.82 Å². The molecule has 0 aliphatic carbocycles. The van der Waals surface area contributed by atoms with Crippen LogP contribution in [-0.4, -0.2) is 39.5 Å². The number of nitrogens with zero attached hydrogens (tertiary/aromatic N) is 5. The Kier molecular flexibility index (Phi) is 7.37. The highest BCUT2D eigenvalue weighted by Crippen LogP contribution is 2.29. The first kappa shape index (κ1) is 25.4. The lowest BCUT2D eigenvalue weighted by Gasteiger charge is -2.25. The fourth-order valence-electron chi connectivity index (χ4n) is 4.18. The van der Waals surface area contributed by atoms with Crippen molar-refractivity contribution in [3.63, 3.8) is 0 Å². The number of halogens is 2. The van der Waals surface area contributed by atoms with E-state index in [1.54, 1.807) is 24.7 Å². The number of aromatic nitrogens is 3. The van der Waals surface area contributed by atoms with Crippen LogP contribution < -0.4 is 10.2 Å². The molecule has 7 nitrogen and oxygen atoms in total. The van der Waals surface area contributed by atoms with E-state index in [1.807, 2.05) is 48.5 Å². The minimum Gasteiger partial charge on any atom is -0.346 e. The maximum Gasteiger partial charge on any atom is 0.253 e. The summed E-state index contributed by atoms with van der Waals surface area (Å²) in [5.74, 6) is 0.0749. The Morgan fingerprint density at radius 2 is 1.55 bits per heavy atom. The summed E-state index contributed by atoms with van der Waals surface area (Å²) in [5.41, 5.74) is 3.51. The molecule has 1 amide bonds. The van der Waals surface area contributed by atoms with Gasteiger partial charge in [0.15, 0.2) is 5.82 Å². The van der Waals surface area contributed by atoms with Crippen molar-refractivity contribution in [2.75, 3.05) is 24.3 Å². The molecule has 3 aromatic carbocycles. The van der Waals surface area contributed by atoms with Crippen LogP contribution in [0.15, 0.2) is 95.6 Å². The van der Waals surface area contributed by atoms with Crippen molar-refractivity contribution in [2.45, 2.75) is 13.1 Å². The van der Waals surface area contributed by atoms with Crippen molar-refractivity contribution < 1.29 is 9.18 Å². The predicted molar refractivity (Wildman–Crippen MR) is 151 cm³/mol. The number of hydrogen-bond donors (Lipinski definition) is 1. The van der Waals surface area contributed by atoms with Gasteiger partial charge in [0.05, 0.1) is 5.69 Å². The number of nitrogens with one attached hydrogen (secondary N) is 1. The normalized spacial score (nSPS) is 10.9. The van der Waals surface area contributed by atoms with Crippen molar-refractivity contribution in [1.29, 1.82) is 0 Å². The number of hydrogen-bond acceptors (Lipinski definition) is 5. The Morgan fingerprint density at radius 1 is 0.921 bits per heavy atom. The van der Waals surface area contributed by atoms with Crippen LogP contribution in [0.5, 0.6) is 0 Å². The standard InChI is InChI=1S/C29H26BrFN6O/c1-35(2)28(38)22-13-14-24(23(31)17-22)32-29-33-27(25-15-16-26(30)37(25)34-29)36(18-20-9-5-3-6-10-20)19-21-11-7-4-8-12-21/h3-17H,18-19H2,1-2H3,(H,32,34). The van der Waals surface area contributed by atoms with Gasteiger partial charge in [-0.15, -0.1) is 5.10 Å². The Morgan fingerprint density at radius 3 is 2.13 bits per heavy atom. The molecular formula is C29H26BrFN6O. The maximum atomic E-state index is 15.0. The number of rotatable bonds is 8. The third kappa shape index (κ3) is 5.52. The molecule has 5 rings (SSSR count). The second-order valence-corrected chi connectivity index (χ2v) is 9.87. The molecule has 2 heterocycles. The molecule has 38 heavy (non-hydrogen) atoms. The summed E-state index contributed by atoms with van der Waals surface area (Å²) in [7, 11) is 3.26. The molecule has 192 valence electrons. The molecule has 0 fully saturated rings. The predicted octanol–water partition coefficient (Wildman–Crippen LogP) is 6.28. The molecule has 0 unspecified atom stereocenters. The summed E-state index contributed by atoms with van der Waals surface area (Å²) in [4.78, 5) is 20.7. The fourth-order valence-corrected chi connectivity index (χ4v) is 4.58. The lowest BCUT2D eigenvalue weighted by molar-refractivity contribution is 0.0827. The number of fused-ring (bicyclic) bond motifs is 1. The molecule has 0 atom stereocenters. The van der Waals surface area contributed by atoms with E-state index in [0.29, 0.717) is 18.9 Å². The average Bonchev–Trinajstić information content (AvgIpc) is 3.30. The summed E-state index contributed by atoms with van der Waals surface area (Å²) < 4.78 is 17.5. The van der Waals surface area contributed by atoms with Crippen LogP contribution >= 0.6 is 15.9 Å². The highest BCUT2D eigenvalue weighted by atomic mass is 79.9. The van der Waals surface area contributed by atoms with Crippen LogP contribution in [0.2, 0.25) is 0 Å². The van der Waals surface area contributed by atoms with Gasteiger partial charge in [-0.05, 0) is 57.4 Å². The van der Waals surface area contributed by atoms with Crippen molar-refractivity contribution in [3.05, 3.63) is 118 Å². The van der Waals surface area contributed by atoms with E-state index in [0.717, 1.165) is 21.2 Å². The van der Waals surface area contributed by atoms with Crippen LogP contribution in [0.1, 0.15) is 21.5 Å². The van der Waals surface area contributed by atoms with Crippen molar-refractivity contribution in [3.8, 4) is 0 Å². The zero-order valence-electron chi connectivity index (χ0n) is 21.0. The Bertz CT molecular complexity index is 1530. The SMILES string of the molecule is CN(C)C(=O)c1ccc(Nc2nc(N(Cc3ccccc3)Cc3ccccc3)c3ccc(Br)n3n2)c(F)c1. The van der Waals surface area contributed by atoms with Crippen LogP contribution in [0.25, 0.3) is 5.52 Å². The highest BCUT2D eigenvalue weighted by Gasteiger charge is 2.19. The molecule has 2 aromatic heterocycles. The minimum atomic E-state index is -0.569. The molecular weight excluding hydrogens is 547 g/mol. The molecule has 0 aliphatic heterocycles. The third-order valence-corrected chi connectivity index (χ3v) is 6.65. The van der Waals surface area contributed by atoms with Gasteiger partial charge in [0.1, 0.15) is 15.9 Å². The summed E-state index contributed by atoms with van der Waals surface area (Å²) >= 11 is 3.57. The number of carbonyl (C=O) groups excluding carboxylic acids is 1. The maximum absolute atomic E-state index is 15.0. The fraction of sp³-hybridized carbons (Fsp3) is 0.138. The lowest BCUT2D eigenvalue weighted by Crippen LogP contribution is -2.24. The molecule has 0 saturated carbocycles. The number of amides is 1. The number of carbonyl (C=O) groups is 1. The Labute approximate surface area is 228 Å². The van der Waals surface area contributed by atoms with Gasteiger partial charge in [0.25, 0.3) is 5.91 Å². The first-order valence-electron chi connectivity index (χ1n) is 12.1. The van der Waals surface area contributed by atoms with Crippen LogP contribution in [0.4, 0.5) is 21.8 Å². The molecule has 0 spiro atoms. The average molecular weight is 573 g/mol. The lowest BCUT2D eigenvalue weighted by atomic mass is 10.1. The molecule has 5 aromatic rings. The number of benzene rings is 3. The van der Waals surface area contributed by atoms with Gasteiger partial charge in [-0.25, -0.2) is 8.91 Å². The zero-order chi connectivity index (χ0) is 26.6. The summed E-state index contributed by atoms with van der Waals surface area (Å²) in [6.07, 6.45) is 0. The first-order chi connectivity index (χ1) is 18.4. The smallest absolute Gasteiger partial charge is 0.253 e. The Balaban J connectivity index is 1.55.